The summed E-state index contributed by atoms with van der Waals surface area (Å²) in [6.07, 6.45) is 4.49. The van der Waals surface area contributed by atoms with Crippen LogP contribution >= 0.6 is 0 Å². The molecule has 0 aromatic heterocycles. The molecule has 37 heavy (non-hydrogen) atoms. The van der Waals surface area contributed by atoms with E-state index in [0.717, 1.165) is 40.8 Å². The molecule has 8 heteroatoms. The van der Waals surface area contributed by atoms with Gasteiger partial charge in [0.05, 0.1) is 11.5 Å². The highest BCUT2D eigenvalue weighted by atomic mass is 32.2. The van der Waals surface area contributed by atoms with Crippen molar-refractivity contribution >= 4 is 21.7 Å². The number of urea groups is 1. The lowest BCUT2D eigenvalue weighted by atomic mass is 9.79. The van der Waals surface area contributed by atoms with Gasteiger partial charge in [-0.15, -0.1) is 0 Å². The standard InChI is InChI=1S/C29H33N3O4S/c1-30-37(34,35)24-12-9-21(10-13-24)18-31-28(33)32-20-29(15-5-6-16-29)26-17-22(11-14-27(26)32)25-8-4-3-7-23(25)19-36-2/h3-4,7-14,17,30H,5-6,15-16,18-20H2,1-2H3,(H,31,33). The number of carbonyl (C=O) groups excluding carboxylic acids is 1. The number of carbonyl (C=O) groups is 1. The normalized spacial score (nSPS) is 16.2. The van der Waals surface area contributed by atoms with Gasteiger partial charge in [0.25, 0.3) is 0 Å². The second-order valence-electron chi connectivity index (χ2n) is 9.91. The molecule has 1 fully saturated rings. The first-order chi connectivity index (χ1) is 17.9. The van der Waals surface area contributed by atoms with Crippen molar-refractivity contribution in [1.29, 1.82) is 0 Å². The molecule has 2 N–H and O–H groups in total. The minimum atomic E-state index is -3.49. The molecule has 5 rings (SSSR count). The van der Waals surface area contributed by atoms with E-state index >= 15 is 0 Å². The lowest BCUT2D eigenvalue weighted by Crippen LogP contribution is -2.41. The first-order valence-electron chi connectivity index (χ1n) is 12.7. The zero-order valence-electron chi connectivity index (χ0n) is 21.3. The van der Waals surface area contributed by atoms with Gasteiger partial charge in [0.15, 0.2) is 0 Å². The Kier molecular flexibility index (Phi) is 7.07. The SMILES string of the molecule is CNS(=O)(=O)c1ccc(CNC(=O)N2CC3(CCCC3)c3cc(-c4ccccc4COC)ccc32)cc1. The predicted molar refractivity (Wildman–Crippen MR) is 145 cm³/mol. The van der Waals surface area contributed by atoms with Gasteiger partial charge in [0.2, 0.25) is 10.0 Å². The summed E-state index contributed by atoms with van der Waals surface area (Å²) >= 11 is 0. The Morgan fingerprint density at radius 2 is 1.76 bits per heavy atom. The summed E-state index contributed by atoms with van der Waals surface area (Å²) in [5.41, 5.74) is 6.51. The van der Waals surface area contributed by atoms with Crippen molar-refractivity contribution in [3.05, 3.63) is 83.4 Å². The second kappa shape index (κ2) is 10.3. The molecule has 0 atom stereocenters. The van der Waals surface area contributed by atoms with E-state index in [2.05, 4.69) is 40.4 Å². The van der Waals surface area contributed by atoms with E-state index < -0.39 is 10.0 Å². The van der Waals surface area contributed by atoms with Crippen LogP contribution in [0.25, 0.3) is 11.1 Å². The molecule has 3 aromatic carbocycles. The number of methoxy groups -OCH3 is 1. The van der Waals surface area contributed by atoms with E-state index in [0.29, 0.717) is 19.7 Å². The van der Waals surface area contributed by atoms with Crippen LogP contribution in [0.15, 0.2) is 71.6 Å². The highest BCUT2D eigenvalue weighted by molar-refractivity contribution is 7.89. The van der Waals surface area contributed by atoms with Gasteiger partial charge >= 0.3 is 6.03 Å². The molecular formula is C29H33N3O4S. The smallest absolute Gasteiger partial charge is 0.322 e. The Balaban J connectivity index is 1.39. The lowest BCUT2D eigenvalue weighted by molar-refractivity contribution is 0.185. The van der Waals surface area contributed by atoms with Crippen molar-refractivity contribution in [2.24, 2.45) is 0 Å². The Morgan fingerprint density at radius 3 is 2.46 bits per heavy atom. The molecule has 0 radical (unpaired) electrons. The summed E-state index contributed by atoms with van der Waals surface area (Å²) in [4.78, 5) is 15.5. The van der Waals surface area contributed by atoms with Crippen molar-refractivity contribution in [2.75, 3.05) is 25.6 Å². The monoisotopic (exact) mass is 519 g/mol. The molecule has 2 aliphatic rings. The van der Waals surface area contributed by atoms with Crippen LogP contribution in [-0.2, 0) is 33.3 Å². The fourth-order valence-electron chi connectivity index (χ4n) is 5.76. The van der Waals surface area contributed by atoms with Crippen LogP contribution in [0.4, 0.5) is 10.5 Å². The zero-order valence-corrected chi connectivity index (χ0v) is 22.1. The molecule has 1 saturated carbocycles. The first kappa shape index (κ1) is 25.4. The van der Waals surface area contributed by atoms with E-state index in [1.807, 2.05) is 17.0 Å². The summed E-state index contributed by atoms with van der Waals surface area (Å²) in [7, 11) is -0.393. The van der Waals surface area contributed by atoms with Crippen molar-refractivity contribution < 1.29 is 17.9 Å². The van der Waals surface area contributed by atoms with Crippen molar-refractivity contribution in [1.82, 2.24) is 10.0 Å². The number of hydrogen-bond acceptors (Lipinski definition) is 4. The molecule has 194 valence electrons. The molecule has 1 aliphatic carbocycles. The Bertz CT molecular complexity index is 1400. The summed E-state index contributed by atoms with van der Waals surface area (Å²) in [6, 6.07) is 21.2. The minimum absolute atomic E-state index is 0.0119. The average molecular weight is 520 g/mol. The molecule has 0 saturated heterocycles. The summed E-state index contributed by atoms with van der Waals surface area (Å²) in [5.74, 6) is 0. The van der Waals surface area contributed by atoms with Gasteiger partial charge in [-0.05, 0) is 72.0 Å². The maximum atomic E-state index is 13.4. The first-order valence-corrected chi connectivity index (χ1v) is 14.1. The van der Waals surface area contributed by atoms with Crippen LogP contribution in [0, 0.1) is 0 Å². The third-order valence-electron chi connectivity index (χ3n) is 7.70. The number of sulfonamides is 1. The molecule has 1 aliphatic heterocycles. The number of anilines is 1. The van der Waals surface area contributed by atoms with Crippen LogP contribution in [0.1, 0.15) is 42.4 Å². The predicted octanol–water partition coefficient (Wildman–Crippen LogP) is 4.95. The fraction of sp³-hybridized carbons (Fsp3) is 0.345. The van der Waals surface area contributed by atoms with E-state index in [9.17, 15) is 13.2 Å². The van der Waals surface area contributed by atoms with E-state index in [4.69, 9.17) is 4.74 Å². The van der Waals surface area contributed by atoms with Crippen molar-refractivity contribution in [2.45, 2.75) is 49.1 Å². The summed E-state index contributed by atoms with van der Waals surface area (Å²) in [5, 5.41) is 3.04. The Hall–Kier alpha value is -3.20. The summed E-state index contributed by atoms with van der Waals surface area (Å²) in [6.45, 7) is 1.55. The van der Waals surface area contributed by atoms with Crippen LogP contribution < -0.4 is 14.9 Å². The zero-order chi connectivity index (χ0) is 26.0. The van der Waals surface area contributed by atoms with E-state index in [-0.39, 0.29) is 16.3 Å². The maximum absolute atomic E-state index is 13.4. The van der Waals surface area contributed by atoms with Gasteiger partial charge in [-0.1, -0.05) is 55.3 Å². The lowest BCUT2D eigenvalue weighted by Gasteiger charge is -2.25. The number of amides is 2. The average Bonchev–Trinajstić information content (AvgIpc) is 3.53. The van der Waals surface area contributed by atoms with Crippen LogP contribution in [0.2, 0.25) is 0 Å². The van der Waals surface area contributed by atoms with E-state index in [1.165, 1.54) is 25.5 Å². The van der Waals surface area contributed by atoms with Crippen LogP contribution in [0.3, 0.4) is 0 Å². The minimum Gasteiger partial charge on any atom is -0.380 e. The number of nitrogens with one attached hydrogen (secondary N) is 2. The number of fused-ring (bicyclic) bond motifs is 2. The van der Waals surface area contributed by atoms with Crippen LogP contribution in [-0.4, -0.2) is 35.2 Å². The third-order valence-corrected chi connectivity index (χ3v) is 9.13. The van der Waals surface area contributed by atoms with E-state index in [1.54, 1.807) is 31.4 Å². The quantitative estimate of drug-likeness (QED) is 0.462. The molecule has 3 aromatic rings. The fourth-order valence-corrected chi connectivity index (χ4v) is 6.49. The van der Waals surface area contributed by atoms with Gasteiger partial charge in [-0.3, -0.25) is 4.90 Å². The molecule has 2 amide bonds. The molecule has 1 spiro atoms. The van der Waals surface area contributed by atoms with Crippen molar-refractivity contribution in [3.8, 4) is 11.1 Å². The highest BCUT2D eigenvalue weighted by Crippen LogP contribution is 2.51. The number of nitrogens with zero attached hydrogens (tertiary/aromatic N) is 1. The van der Waals surface area contributed by atoms with Gasteiger partial charge in [-0.2, -0.15) is 0 Å². The Morgan fingerprint density at radius 1 is 1.03 bits per heavy atom. The topological polar surface area (TPSA) is 87.7 Å². The number of rotatable bonds is 7. The molecular weight excluding hydrogens is 486 g/mol. The largest absolute Gasteiger partial charge is 0.380 e. The third kappa shape index (κ3) is 4.89. The molecule has 1 heterocycles. The maximum Gasteiger partial charge on any atom is 0.322 e. The summed E-state index contributed by atoms with van der Waals surface area (Å²) < 4.78 is 31.7. The number of hydrogen-bond donors (Lipinski definition) is 2. The van der Waals surface area contributed by atoms with Gasteiger partial charge < -0.3 is 10.1 Å². The van der Waals surface area contributed by atoms with Gasteiger partial charge in [0, 0.05) is 31.3 Å². The molecule has 7 nitrogen and oxygen atoms in total. The second-order valence-corrected chi connectivity index (χ2v) is 11.8. The number of benzene rings is 3. The van der Waals surface area contributed by atoms with Gasteiger partial charge in [-0.25, -0.2) is 17.9 Å². The molecule has 0 unspecified atom stereocenters. The number of ether oxygens (including phenoxy) is 1. The molecule has 0 bridgehead atoms. The van der Waals surface area contributed by atoms with Crippen molar-refractivity contribution in [3.63, 3.8) is 0 Å². The highest BCUT2D eigenvalue weighted by Gasteiger charge is 2.46. The Labute approximate surface area is 218 Å². The van der Waals surface area contributed by atoms with Gasteiger partial charge in [0.1, 0.15) is 0 Å². The van der Waals surface area contributed by atoms with Crippen LogP contribution in [0.5, 0.6) is 0 Å².